The van der Waals surface area contributed by atoms with Crippen molar-refractivity contribution in [3.8, 4) is 16.9 Å². The average molecular weight is 338 g/mol. The molecule has 4 aromatic rings. The number of carbonyl (C=O) groups is 1. The molecule has 0 amide bonds. The maximum Gasteiger partial charge on any atom is 0.197 e. The van der Waals surface area contributed by atoms with Gasteiger partial charge >= 0.3 is 0 Å². The molecule has 0 saturated carbocycles. The number of benzene rings is 4. The minimum atomic E-state index is -0.0351. The number of hydrogen-bond acceptors (Lipinski definition) is 2. The zero-order valence-corrected chi connectivity index (χ0v) is 14.5. The van der Waals surface area contributed by atoms with E-state index in [2.05, 4.69) is 12.1 Å². The molecule has 4 aromatic carbocycles. The molecule has 0 spiro atoms. The maximum absolute atomic E-state index is 13.4. The number of carbonyl (C=O) groups excluding carboxylic acids is 1. The van der Waals surface area contributed by atoms with Crippen molar-refractivity contribution in [3.05, 3.63) is 102 Å². The summed E-state index contributed by atoms with van der Waals surface area (Å²) >= 11 is 0. The van der Waals surface area contributed by atoms with E-state index in [1.54, 1.807) is 7.11 Å². The molecule has 0 bridgehead atoms. The van der Waals surface area contributed by atoms with Crippen molar-refractivity contribution in [1.29, 1.82) is 0 Å². The van der Waals surface area contributed by atoms with Crippen molar-refractivity contribution in [2.24, 2.45) is 0 Å². The van der Waals surface area contributed by atoms with E-state index >= 15 is 0 Å². The molecule has 0 aromatic heterocycles. The summed E-state index contributed by atoms with van der Waals surface area (Å²) in [4.78, 5) is 13.4. The van der Waals surface area contributed by atoms with Gasteiger partial charge in [0.2, 0.25) is 0 Å². The summed E-state index contributed by atoms with van der Waals surface area (Å²) < 4.78 is 5.40. The van der Waals surface area contributed by atoms with Gasteiger partial charge in [-0.15, -0.1) is 0 Å². The third-order valence-corrected chi connectivity index (χ3v) is 4.59. The Labute approximate surface area is 152 Å². The van der Waals surface area contributed by atoms with Crippen molar-refractivity contribution >= 4 is 16.6 Å². The van der Waals surface area contributed by atoms with Crippen LogP contribution in [-0.4, -0.2) is 12.9 Å². The Morgan fingerprint density at radius 3 is 2.19 bits per heavy atom. The van der Waals surface area contributed by atoms with Crippen LogP contribution in [0.25, 0.3) is 21.9 Å². The fourth-order valence-electron chi connectivity index (χ4n) is 3.35. The summed E-state index contributed by atoms with van der Waals surface area (Å²) in [5, 5.41) is 2.18. The molecule has 0 unspecified atom stereocenters. The van der Waals surface area contributed by atoms with Crippen molar-refractivity contribution < 1.29 is 9.53 Å². The Morgan fingerprint density at radius 1 is 0.692 bits per heavy atom. The molecule has 0 heterocycles. The lowest BCUT2D eigenvalue weighted by Crippen LogP contribution is -2.06. The quantitative estimate of drug-likeness (QED) is 0.443. The van der Waals surface area contributed by atoms with Crippen LogP contribution < -0.4 is 4.74 Å². The Bertz CT molecular complexity index is 1080. The molecule has 0 aliphatic rings. The highest BCUT2D eigenvalue weighted by atomic mass is 16.5. The van der Waals surface area contributed by atoms with Crippen LogP contribution in [0.4, 0.5) is 0 Å². The van der Waals surface area contributed by atoms with E-state index in [1.165, 1.54) is 0 Å². The minimum Gasteiger partial charge on any atom is -0.496 e. The summed E-state index contributed by atoms with van der Waals surface area (Å²) in [6.45, 7) is 0. The molecule has 0 aliphatic carbocycles. The van der Waals surface area contributed by atoms with E-state index in [0.717, 1.165) is 21.9 Å². The van der Waals surface area contributed by atoms with Gasteiger partial charge in [0.25, 0.3) is 0 Å². The van der Waals surface area contributed by atoms with Crippen molar-refractivity contribution in [1.82, 2.24) is 0 Å². The van der Waals surface area contributed by atoms with Crippen LogP contribution in [0.2, 0.25) is 0 Å². The highest BCUT2D eigenvalue weighted by Crippen LogP contribution is 2.34. The first-order valence-corrected chi connectivity index (χ1v) is 8.54. The number of para-hydroxylation sites is 1. The number of methoxy groups -OCH3 is 1. The number of fused-ring (bicyclic) bond motifs is 1. The Balaban J connectivity index is 2.00. The predicted molar refractivity (Wildman–Crippen MR) is 106 cm³/mol. The number of ketones is 1. The van der Waals surface area contributed by atoms with E-state index in [-0.39, 0.29) is 5.78 Å². The van der Waals surface area contributed by atoms with Crippen LogP contribution >= 0.6 is 0 Å². The molecule has 0 atom stereocenters. The van der Waals surface area contributed by atoms with Gasteiger partial charge in [0.05, 0.1) is 12.7 Å². The largest absolute Gasteiger partial charge is 0.496 e. The molecule has 2 heteroatoms. The van der Waals surface area contributed by atoms with Gasteiger partial charge < -0.3 is 4.74 Å². The van der Waals surface area contributed by atoms with Gasteiger partial charge in [-0.3, -0.25) is 4.79 Å². The third-order valence-electron chi connectivity index (χ3n) is 4.59. The van der Waals surface area contributed by atoms with E-state index < -0.39 is 0 Å². The van der Waals surface area contributed by atoms with E-state index in [0.29, 0.717) is 16.9 Å². The van der Waals surface area contributed by atoms with Crippen LogP contribution in [0.3, 0.4) is 0 Å². The summed E-state index contributed by atoms with van der Waals surface area (Å²) in [5.74, 6) is 0.553. The standard InChI is InChI=1S/C24H18O2/c1-26-22-14-8-7-13-20(22)24(25)21-16-15-17-9-5-6-12-19(17)23(21)18-10-3-2-4-11-18/h2-16H,1H3. The monoisotopic (exact) mass is 338 g/mol. The molecular weight excluding hydrogens is 320 g/mol. The highest BCUT2D eigenvalue weighted by molar-refractivity contribution is 6.18. The Morgan fingerprint density at radius 2 is 1.38 bits per heavy atom. The van der Waals surface area contributed by atoms with Gasteiger partial charge in [-0.05, 0) is 34.5 Å². The Hall–Kier alpha value is -3.39. The van der Waals surface area contributed by atoms with Gasteiger partial charge in [0.15, 0.2) is 5.78 Å². The molecule has 2 nitrogen and oxygen atoms in total. The number of ether oxygens (including phenoxy) is 1. The molecule has 126 valence electrons. The van der Waals surface area contributed by atoms with E-state index in [1.807, 2.05) is 78.9 Å². The summed E-state index contributed by atoms with van der Waals surface area (Å²) in [5.41, 5.74) is 3.24. The number of rotatable bonds is 4. The van der Waals surface area contributed by atoms with Gasteiger partial charge in [-0.25, -0.2) is 0 Å². The molecular formula is C24H18O2. The smallest absolute Gasteiger partial charge is 0.197 e. The lowest BCUT2D eigenvalue weighted by molar-refractivity contribution is 0.103. The fraction of sp³-hybridized carbons (Fsp3) is 0.0417. The predicted octanol–water partition coefficient (Wildman–Crippen LogP) is 5.75. The summed E-state index contributed by atoms with van der Waals surface area (Å²) in [7, 11) is 1.59. The molecule has 0 aliphatic heterocycles. The molecule has 0 saturated heterocycles. The van der Waals surface area contributed by atoms with Gasteiger partial charge in [-0.1, -0.05) is 72.8 Å². The minimum absolute atomic E-state index is 0.0351. The first kappa shape index (κ1) is 16.1. The Kier molecular flexibility index (Phi) is 4.24. The van der Waals surface area contributed by atoms with Crippen LogP contribution in [0, 0.1) is 0 Å². The average Bonchev–Trinajstić information content (AvgIpc) is 2.73. The zero-order chi connectivity index (χ0) is 17.9. The first-order valence-electron chi connectivity index (χ1n) is 8.54. The van der Waals surface area contributed by atoms with Crippen LogP contribution in [0.1, 0.15) is 15.9 Å². The molecule has 0 N–H and O–H groups in total. The first-order chi connectivity index (χ1) is 12.8. The molecule has 26 heavy (non-hydrogen) atoms. The molecule has 4 rings (SSSR count). The van der Waals surface area contributed by atoms with Crippen LogP contribution in [0.5, 0.6) is 5.75 Å². The lowest BCUT2D eigenvalue weighted by atomic mass is 9.89. The van der Waals surface area contributed by atoms with E-state index in [9.17, 15) is 4.79 Å². The lowest BCUT2D eigenvalue weighted by Gasteiger charge is -2.14. The van der Waals surface area contributed by atoms with Crippen molar-refractivity contribution in [3.63, 3.8) is 0 Å². The van der Waals surface area contributed by atoms with Gasteiger partial charge in [-0.2, -0.15) is 0 Å². The molecule has 0 fully saturated rings. The van der Waals surface area contributed by atoms with Gasteiger partial charge in [0, 0.05) is 11.1 Å². The second kappa shape index (κ2) is 6.85. The van der Waals surface area contributed by atoms with E-state index in [4.69, 9.17) is 4.74 Å². The topological polar surface area (TPSA) is 26.3 Å². The number of hydrogen-bond donors (Lipinski definition) is 0. The van der Waals surface area contributed by atoms with Crippen molar-refractivity contribution in [2.45, 2.75) is 0 Å². The van der Waals surface area contributed by atoms with Gasteiger partial charge in [0.1, 0.15) is 5.75 Å². The second-order valence-electron chi connectivity index (χ2n) is 6.10. The SMILES string of the molecule is COc1ccccc1C(=O)c1ccc2ccccc2c1-c1ccccc1. The fourth-order valence-corrected chi connectivity index (χ4v) is 3.35. The maximum atomic E-state index is 13.4. The summed E-state index contributed by atoms with van der Waals surface area (Å²) in [6, 6.07) is 29.5. The van der Waals surface area contributed by atoms with Crippen LogP contribution in [-0.2, 0) is 0 Å². The third kappa shape index (κ3) is 2.76. The van der Waals surface area contributed by atoms with Crippen LogP contribution in [0.15, 0.2) is 91.0 Å². The highest BCUT2D eigenvalue weighted by Gasteiger charge is 2.19. The summed E-state index contributed by atoms with van der Waals surface area (Å²) in [6.07, 6.45) is 0. The normalized spacial score (nSPS) is 10.7. The zero-order valence-electron chi connectivity index (χ0n) is 14.5. The second-order valence-corrected chi connectivity index (χ2v) is 6.10. The molecule has 0 radical (unpaired) electrons. The van der Waals surface area contributed by atoms with Crippen molar-refractivity contribution in [2.75, 3.05) is 7.11 Å².